The third-order valence-electron chi connectivity index (χ3n) is 3.37. The Morgan fingerprint density at radius 3 is 2.48 bits per heavy atom. The lowest BCUT2D eigenvalue weighted by molar-refractivity contribution is 0.570. The predicted octanol–water partition coefficient (Wildman–Crippen LogP) is 4.45. The molecule has 21 heavy (non-hydrogen) atoms. The van der Waals surface area contributed by atoms with Gasteiger partial charge in [0, 0.05) is 16.7 Å². The van der Waals surface area contributed by atoms with E-state index in [9.17, 15) is 4.39 Å². The van der Waals surface area contributed by atoms with Crippen LogP contribution in [0, 0.1) is 12.7 Å². The minimum atomic E-state index is -0.131. The van der Waals surface area contributed by atoms with Crippen LogP contribution in [0.4, 0.5) is 4.39 Å². The zero-order valence-corrected chi connectivity index (χ0v) is 13.4. The molecule has 3 heteroatoms. The molecule has 2 aromatic rings. The third-order valence-corrected chi connectivity index (χ3v) is 4.58. The molecule has 1 N–H and O–H groups in total. The standard InChI is InChI=1S/C18H22FNS/c1-3-20-16(12-15-10-8-14(2)9-11-15)13-21-18-7-5-4-6-17(18)19/h4-11,16,20H,3,12-13H2,1-2H3. The largest absolute Gasteiger partial charge is 0.313 e. The van der Waals surface area contributed by atoms with Crippen molar-refractivity contribution < 1.29 is 4.39 Å². The summed E-state index contributed by atoms with van der Waals surface area (Å²) in [5.74, 6) is 0.732. The van der Waals surface area contributed by atoms with Gasteiger partial charge in [0.05, 0.1) is 0 Å². The monoisotopic (exact) mass is 303 g/mol. The van der Waals surface area contributed by atoms with Crippen LogP contribution in [0.5, 0.6) is 0 Å². The SMILES string of the molecule is CCNC(CSc1ccccc1F)Cc1ccc(C)cc1. The van der Waals surface area contributed by atoms with E-state index in [4.69, 9.17) is 0 Å². The van der Waals surface area contributed by atoms with Crippen LogP contribution >= 0.6 is 11.8 Å². The number of aryl methyl sites for hydroxylation is 1. The average molecular weight is 303 g/mol. The number of halogens is 1. The van der Waals surface area contributed by atoms with E-state index >= 15 is 0 Å². The summed E-state index contributed by atoms with van der Waals surface area (Å²) in [5.41, 5.74) is 2.60. The molecule has 0 amide bonds. The van der Waals surface area contributed by atoms with Crippen LogP contribution in [0.1, 0.15) is 18.1 Å². The van der Waals surface area contributed by atoms with Gasteiger partial charge in [0.15, 0.2) is 0 Å². The first-order chi connectivity index (χ1) is 10.2. The molecule has 0 aliphatic rings. The molecule has 0 aliphatic heterocycles. The van der Waals surface area contributed by atoms with Gasteiger partial charge in [-0.25, -0.2) is 4.39 Å². The van der Waals surface area contributed by atoms with Crippen molar-refractivity contribution in [1.29, 1.82) is 0 Å². The van der Waals surface area contributed by atoms with Gasteiger partial charge in [0.2, 0.25) is 0 Å². The highest BCUT2D eigenvalue weighted by atomic mass is 32.2. The van der Waals surface area contributed by atoms with Crippen molar-refractivity contribution >= 4 is 11.8 Å². The zero-order valence-electron chi connectivity index (χ0n) is 12.6. The number of likely N-dealkylation sites (N-methyl/N-ethyl adjacent to an activating group) is 1. The first-order valence-corrected chi connectivity index (χ1v) is 8.34. The van der Waals surface area contributed by atoms with Crippen LogP contribution < -0.4 is 5.32 Å². The van der Waals surface area contributed by atoms with Crippen molar-refractivity contribution in [1.82, 2.24) is 5.32 Å². The highest BCUT2D eigenvalue weighted by Crippen LogP contribution is 2.22. The molecule has 1 nitrogen and oxygen atoms in total. The van der Waals surface area contributed by atoms with Gasteiger partial charge in [-0.2, -0.15) is 0 Å². The molecule has 0 spiro atoms. The molecule has 0 bridgehead atoms. The van der Waals surface area contributed by atoms with Crippen LogP contribution in [-0.4, -0.2) is 18.3 Å². The Hall–Kier alpha value is -1.32. The Balaban J connectivity index is 1.95. The molecule has 0 aromatic heterocycles. The van der Waals surface area contributed by atoms with Crippen molar-refractivity contribution in [2.75, 3.05) is 12.3 Å². The minimum Gasteiger partial charge on any atom is -0.313 e. The Morgan fingerprint density at radius 2 is 1.81 bits per heavy atom. The summed E-state index contributed by atoms with van der Waals surface area (Å²) in [4.78, 5) is 0.726. The molecule has 1 unspecified atom stereocenters. The molecule has 0 saturated heterocycles. The predicted molar refractivity (Wildman–Crippen MR) is 89.5 cm³/mol. The second kappa shape index (κ2) is 8.20. The van der Waals surface area contributed by atoms with Crippen molar-refractivity contribution in [2.24, 2.45) is 0 Å². The van der Waals surface area contributed by atoms with Gasteiger partial charge < -0.3 is 5.32 Å². The lowest BCUT2D eigenvalue weighted by Gasteiger charge is -2.18. The topological polar surface area (TPSA) is 12.0 Å². The Bertz CT molecular complexity index is 553. The van der Waals surface area contributed by atoms with E-state index in [0.717, 1.165) is 23.6 Å². The maximum atomic E-state index is 13.7. The van der Waals surface area contributed by atoms with Gasteiger partial charge in [0.1, 0.15) is 5.82 Å². The van der Waals surface area contributed by atoms with Crippen LogP contribution in [-0.2, 0) is 6.42 Å². The van der Waals surface area contributed by atoms with E-state index in [1.165, 1.54) is 17.2 Å². The quantitative estimate of drug-likeness (QED) is 0.759. The Labute approximate surface area is 131 Å². The van der Waals surface area contributed by atoms with Gasteiger partial charge in [-0.05, 0) is 37.6 Å². The number of hydrogen-bond acceptors (Lipinski definition) is 2. The van der Waals surface area contributed by atoms with Crippen LogP contribution in [0.25, 0.3) is 0 Å². The number of rotatable bonds is 7. The van der Waals surface area contributed by atoms with E-state index in [0.29, 0.717) is 6.04 Å². The number of nitrogens with one attached hydrogen (secondary N) is 1. The lowest BCUT2D eigenvalue weighted by Crippen LogP contribution is -2.33. The summed E-state index contributed by atoms with van der Waals surface area (Å²) < 4.78 is 13.7. The van der Waals surface area contributed by atoms with E-state index in [1.807, 2.05) is 12.1 Å². The molecular formula is C18H22FNS. The average Bonchev–Trinajstić information content (AvgIpc) is 2.49. The van der Waals surface area contributed by atoms with Gasteiger partial charge >= 0.3 is 0 Å². The minimum absolute atomic E-state index is 0.131. The number of hydrogen-bond donors (Lipinski definition) is 1. The number of thioether (sulfide) groups is 1. The van der Waals surface area contributed by atoms with Gasteiger partial charge in [-0.15, -0.1) is 11.8 Å². The normalized spacial score (nSPS) is 12.3. The maximum absolute atomic E-state index is 13.7. The number of benzene rings is 2. The van der Waals surface area contributed by atoms with Gasteiger partial charge in [-0.1, -0.05) is 48.9 Å². The first-order valence-electron chi connectivity index (χ1n) is 7.35. The molecular weight excluding hydrogens is 281 g/mol. The molecule has 0 saturated carbocycles. The van der Waals surface area contributed by atoms with Crippen LogP contribution in [0.15, 0.2) is 53.4 Å². The molecule has 2 rings (SSSR count). The highest BCUT2D eigenvalue weighted by molar-refractivity contribution is 7.99. The fraction of sp³-hybridized carbons (Fsp3) is 0.333. The van der Waals surface area contributed by atoms with Crippen molar-refractivity contribution in [3.8, 4) is 0 Å². The summed E-state index contributed by atoms with van der Waals surface area (Å²) in [6.07, 6.45) is 0.968. The van der Waals surface area contributed by atoms with Crippen LogP contribution in [0.2, 0.25) is 0 Å². The molecule has 1 atom stereocenters. The van der Waals surface area contributed by atoms with Gasteiger partial charge in [-0.3, -0.25) is 0 Å². The van der Waals surface area contributed by atoms with Crippen LogP contribution in [0.3, 0.4) is 0 Å². The summed E-state index contributed by atoms with van der Waals surface area (Å²) in [6, 6.07) is 16.0. The van der Waals surface area contributed by atoms with Crippen molar-refractivity contribution in [2.45, 2.75) is 31.2 Å². The molecule has 0 radical (unpaired) electrons. The molecule has 0 fully saturated rings. The summed E-state index contributed by atoms with van der Waals surface area (Å²) in [7, 11) is 0. The molecule has 0 heterocycles. The second-order valence-electron chi connectivity index (χ2n) is 5.19. The lowest BCUT2D eigenvalue weighted by atomic mass is 10.1. The first kappa shape index (κ1) is 16.1. The third kappa shape index (κ3) is 5.18. The van der Waals surface area contributed by atoms with E-state index in [-0.39, 0.29) is 5.82 Å². The van der Waals surface area contributed by atoms with Crippen molar-refractivity contribution in [3.63, 3.8) is 0 Å². The summed E-state index contributed by atoms with van der Waals surface area (Å²) in [5, 5.41) is 3.49. The van der Waals surface area contributed by atoms with E-state index in [1.54, 1.807) is 17.8 Å². The van der Waals surface area contributed by atoms with Gasteiger partial charge in [0.25, 0.3) is 0 Å². The fourth-order valence-corrected chi connectivity index (χ4v) is 3.24. The second-order valence-corrected chi connectivity index (χ2v) is 6.25. The smallest absolute Gasteiger partial charge is 0.136 e. The molecule has 2 aromatic carbocycles. The Kier molecular flexibility index (Phi) is 6.27. The van der Waals surface area contributed by atoms with E-state index in [2.05, 4.69) is 43.4 Å². The fourth-order valence-electron chi connectivity index (χ4n) is 2.24. The summed E-state index contributed by atoms with van der Waals surface area (Å²) in [6.45, 7) is 5.13. The zero-order chi connectivity index (χ0) is 15.1. The van der Waals surface area contributed by atoms with Crippen molar-refractivity contribution in [3.05, 3.63) is 65.5 Å². The molecule has 0 aliphatic carbocycles. The van der Waals surface area contributed by atoms with E-state index < -0.39 is 0 Å². The molecule has 112 valence electrons. The maximum Gasteiger partial charge on any atom is 0.136 e. The Morgan fingerprint density at radius 1 is 1.10 bits per heavy atom. The highest BCUT2D eigenvalue weighted by Gasteiger charge is 2.10. The summed E-state index contributed by atoms with van der Waals surface area (Å²) >= 11 is 1.58.